The smallest absolute Gasteiger partial charge is 0.176 e. The Balaban J connectivity index is 1.81. The largest absolute Gasteiger partial charge is 0.394 e. The van der Waals surface area contributed by atoms with Crippen LogP contribution in [0.2, 0.25) is 0 Å². The normalized spacial score (nSPS) is 23.8. The van der Waals surface area contributed by atoms with Crippen molar-refractivity contribution in [2.45, 2.75) is 18.9 Å². The van der Waals surface area contributed by atoms with E-state index in [9.17, 15) is 0 Å². The van der Waals surface area contributed by atoms with Gasteiger partial charge in [-0.15, -0.1) is 0 Å². The first-order valence-corrected chi connectivity index (χ1v) is 5.57. The summed E-state index contributed by atoms with van der Waals surface area (Å²) in [5.41, 5.74) is 6.90. The first-order chi connectivity index (χ1) is 8.78. The number of aromatic nitrogens is 4. The Bertz CT molecular complexity index is 557. The fourth-order valence-electron chi connectivity index (χ4n) is 1.89. The van der Waals surface area contributed by atoms with Crippen LogP contribution in [0, 0.1) is 0 Å². The van der Waals surface area contributed by atoms with Gasteiger partial charge in [0.2, 0.25) is 0 Å². The molecule has 1 aliphatic heterocycles. The minimum absolute atomic E-state index is 0.0453. The number of hydrogen-bond acceptors (Lipinski definition) is 7. The van der Waals surface area contributed by atoms with Crippen LogP contribution in [0.4, 0.5) is 5.82 Å². The highest BCUT2D eigenvalue weighted by molar-refractivity contribution is 5.81. The molecule has 3 rings (SSSR count). The molecule has 1 saturated heterocycles. The summed E-state index contributed by atoms with van der Waals surface area (Å²) in [5, 5.41) is 8.96. The SMILES string of the molecule is Nc1ncnc2c1ncn2CC1OCC(CO)O1. The van der Waals surface area contributed by atoms with Gasteiger partial charge in [0.25, 0.3) is 0 Å². The van der Waals surface area contributed by atoms with Crippen molar-refractivity contribution in [2.24, 2.45) is 0 Å². The highest BCUT2D eigenvalue weighted by Gasteiger charge is 2.26. The standard InChI is InChI=1S/C10H13N5O3/c11-9-8-10(13-4-12-9)15(5-14-8)1-7-17-3-6(2-16)18-7/h4-7,16H,1-3H2,(H2,11,12,13). The van der Waals surface area contributed by atoms with Gasteiger partial charge in [0.05, 0.1) is 26.1 Å². The fourth-order valence-corrected chi connectivity index (χ4v) is 1.89. The second-order valence-electron chi connectivity index (χ2n) is 4.03. The molecule has 0 amide bonds. The molecule has 8 nitrogen and oxygen atoms in total. The van der Waals surface area contributed by atoms with Gasteiger partial charge in [0.15, 0.2) is 17.8 Å². The van der Waals surface area contributed by atoms with E-state index in [0.29, 0.717) is 30.1 Å². The minimum atomic E-state index is -0.407. The maximum Gasteiger partial charge on any atom is 0.176 e. The van der Waals surface area contributed by atoms with Crippen molar-refractivity contribution in [1.82, 2.24) is 19.5 Å². The first-order valence-electron chi connectivity index (χ1n) is 5.57. The maximum atomic E-state index is 8.96. The molecule has 3 N–H and O–H groups in total. The van der Waals surface area contributed by atoms with Gasteiger partial charge in [-0.05, 0) is 0 Å². The molecule has 0 aromatic carbocycles. The van der Waals surface area contributed by atoms with Gasteiger partial charge in [-0.3, -0.25) is 0 Å². The molecular weight excluding hydrogens is 238 g/mol. The van der Waals surface area contributed by atoms with Gasteiger partial charge in [-0.25, -0.2) is 15.0 Å². The molecule has 0 bridgehead atoms. The molecule has 18 heavy (non-hydrogen) atoms. The number of fused-ring (bicyclic) bond motifs is 1. The zero-order valence-electron chi connectivity index (χ0n) is 9.56. The molecule has 8 heteroatoms. The Hall–Kier alpha value is -1.77. The van der Waals surface area contributed by atoms with Gasteiger partial charge in [0.1, 0.15) is 17.9 Å². The molecule has 2 aromatic heterocycles. The van der Waals surface area contributed by atoms with Crippen LogP contribution in [0.15, 0.2) is 12.7 Å². The topological polar surface area (TPSA) is 108 Å². The molecule has 0 spiro atoms. The summed E-state index contributed by atoms with van der Waals surface area (Å²) in [4.78, 5) is 12.2. The summed E-state index contributed by atoms with van der Waals surface area (Å²) in [6.45, 7) is 0.796. The van der Waals surface area contributed by atoms with E-state index in [1.807, 2.05) is 0 Å². The molecule has 96 valence electrons. The van der Waals surface area contributed by atoms with E-state index >= 15 is 0 Å². The van der Waals surface area contributed by atoms with E-state index in [1.165, 1.54) is 6.33 Å². The quantitative estimate of drug-likeness (QED) is 0.730. The predicted octanol–water partition coefficient (Wildman–Crippen LogP) is -0.858. The van der Waals surface area contributed by atoms with Crippen molar-refractivity contribution in [2.75, 3.05) is 18.9 Å². The number of hydrogen-bond donors (Lipinski definition) is 2. The van der Waals surface area contributed by atoms with Crippen LogP contribution in [-0.4, -0.2) is 50.2 Å². The van der Waals surface area contributed by atoms with Crippen LogP contribution in [0.25, 0.3) is 11.2 Å². The van der Waals surface area contributed by atoms with Crippen LogP contribution in [0.1, 0.15) is 0 Å². The first kappa shape index (κ1) is 11.3. The molecule has 1 aliphatic rings. The summed E-state index contributed by atoms with van der Waals surface area (Å²) in [5.74, 6) is 0.347. The number of aliphatic hydroxyl groups is 1. The number of nitrogen functional groups attached to an aromatic ring is 1. The average Bonchev–Trinajstić information content (AvgIpc) is 2.98. The zero-order valence-corrected chi connectivity index (χ0v) is 9.56. The van der Waals surface area contributed by atoms with E-state index in [0.717, 1.165) is 0 Å². The lowest BCUT2D eigenvalue weighted by atomic mass is 10.4. The van der Waals surface area contributed by atoms with Crippen molar-refractivity contribution >= 4 is 17.0 Å². The summed E-state index contributed by atoms with van der Waals surface area (Å²) in [7, 11) is 0. The number of aliphatic hydroxyl groups excluding tert-OH is 1. The van der Waals surface area contributed by atoms with E-state index in [4.69, 9.17) is 20.3 Å². The molecule has 1 fully saturated rings. The van der Waals surface area contributed by atoms with Crippen LogP contribution in [0.3, 0.4) is 0 Å². The Morgan fingerprint density at radius 1 is 1.44 bits per heavy atom. The third-order valence-electron chi connectivity index (χ3n) is 2.79. The second kappa shape index (κ2) is 4.48. The zero-order chi connectivity index (χ0) is 12.5. The van der Waals surface area contributed by atoms with Crippen LogP contribution in [0.5, 0.6) is 0 Å². The number of ether oxygens (including phenoxy) is 2. The monoisotopic (exact) mass is 251 g/mol. The van der Waals surface area contributed by atoms with Crippen molar-refractivity contribution in [3.8, 4) is 0 Å². The van der Waals surface area contributed by atoms with Crippen molar-refractivity contribution in [3.63, 3.8) is 0 Å². The van der Waals surface area contributed by atoms with E-state index in [2.05, 4.69) is 15.0 Å². The summed E-state index contributed by atoms with van der Waals surface area (Å²) in [6, 6.07) is 0. The second-order valence-corrected chi connectivity index (χ2v) is 4.03. The number of rotatable bonds is 3. The molecular formula is C10H13N5O3. The Morgan fingerprint density at radius 3 is 3.11 bits per heavy atom. The number of nitrogens with two attached hydrogens (primary N) is 1. The van der Waals surface area contributed by atoms with Gasteiger partial charge < -0.3 is 24.9 Å². The number of anilines is 1. The van der Waals surface area contributed by atoms with Gasteiger partial charge in [-0.2, -0.15) is 0 Å². The highest BCUT2D eigenvalue weighted by Crippen LogP contribution is 2.18. The third kappa shape index (κ3) is 1.90. The Morgan fingerprint density at radius 2 is 2.33 bits per heavy atom. The van der Waals surface area contributed by atoms with E-state index < -0.39 is 6.29 Å². The minimum Gasteiger partial charge on any atom is -0.394 e. The van der Waals surface area contributed by atoms with Crippen molar-refractivity contribution in [1.29, 1.82) is 0 Å². The van der Waals surface area contributed by atoms with Crippen molar-refractivity contribution in [3.05, 3.63) is 12.7 Å². The molecule has 2 unspecified atom stereocenters. The lowest BCUT2D eigenvalue weighted by Gasteiger charge is -2.11. The molecule has 0 aliphatic carbocycles. The fraction of sp³-hybridized carbons (Fsp3) is 0.500. The van der Waals surface area contributed by atoms with Crippen LogP contribution in [-0.2, 0) is 16.0 Å². The van der Waals surface area contributed by atoms with Gasteiger partial charge >= 0.3 is 0 Å². The van der Waals surface area contributed by atoms with E-state index in [1.54, 1.807) is 10.9 Å². The average molecular weight is 251 g/mol. The molecule has 2 aromatic rings. The van der Waals surface area contributed by atoms with Crippen molar-refractivity contribution < 1.29 is 14.6 Å². The summed E-state index contributed by atoms with van der Waals surface area (Å²) in [6.07, 6.45) is 2.34. The van der Waals surface area contributed by atoms with Crippen LogP contribution >= 0.6 is 0 Å². The summed E-state index contributed by atoms with van der Waals surface area (Å²) < 4.78 is 12.7. The molecule has 0 saturated carbocycles. The predicted molar refractivity (Wildman–Crippen MR) is 61.4 cm³/mol. The Kier molecular flexibility index (Phi) is 2.82. The molecule has 0 radical (unpaired) electrons. The van der Waals surface area contributed by atoms with Gasteiger partial charge in [0, 0.05) is 0 Å². The van der Waals surface area contributed by atoms with E-state index in [-0.39, 0.29) is 12.7 Å². The number of nitrogens with zero attached hydrogens (tertiary/aromatic N) is 4. The van der Waals surface area contributed by atoms with Gasteiger partial charge in [-0.1, -0.05) is 0 Å². The highest BCUT2D eigenvalue weighted by atomic mass is 16.7. The lowest BCUT2D eigenvalue weighted by Crippen LogP contribution is -2.20. The van der Waals surface area contributed by atoms with Crippen LogP contribution < -0.4 is 5.73 Å². The number of imidazole rings is 1. The lowest BCUT2D eigenvalue weighted by molar-refractivity contribution is -0.0736. The molecule has 3 heterocycles. The maximum absolute atomic E-state index is 8.96. The Labute approximate surface area is 102 Å². The summed E-state index contributed by atoms with van der Waals surface area (Å²) >= 11 is 0. The molecule has 2 atom stereocenters. The third-order valence-corrected chi connectivity index (χ3v) is 2.79.